The molecule has 50 heavy (non-hydrogen) atoms. The van der Waals surface area contributed by atoms with Crippen LogP contribution in [-0.2, 0) is 23.7 Å². The molecule has 0 N–H and O–H groups in total. The molecule has 0 saturated carbocycles. The van der Waals surface area contributed by atoms with Crippen molar-refractivity contribution in [1.29, 1.82) is 0 Å². The van der Waals surface area contributed by atoms with E-state index in [1.54, 1.807) is 10.5 Å². The molecule has 1 nitrogen and oxygen atoms in total. The Kier molecular flexibility index (Phi) is 5.81. The van der Waals surface area contributed by atoms with Gasteiger partial charge in [-0.1, -0.05) is 100 Å². The third-order valence-corrected chi connectivity index (χ3v) is 14.1. The monoisotopic (exact) mass is 663 g/mol. The molecule has 0 atom stereocenters. The first kappa shape index (κ1) is 29.1. The molecule has 2 heteroatoms. The van der Waals surface area contributed by atoms with E-state index in [0.717, 1.165) is 25.7 Å². The minimum absolute atomic E-state index is 0.0817. The van der Waals surface area contributed by atoms with Gasteiger partial charge in [0.15, 0.2) is 0 Å². The number of hydrogen-bond acceptors (Lipinski definition) is 1. The summed E-state index contributed by atoms with van der Waals surface area (Å²) >= 11 is 2.01. The van der Waals surface area contributed by atoms with Crippen molar-refractivity contribution in [3.63, 3.8) is 0 Å². The average molecular weight is 664 g/mol. The van der Waals surface area contributed by atoms with Gasteiger partial charge in [-0.25, -0.2) is 0 Å². The van der Waals surface area contributed by atoms with E-state index in [9.17, 15) is 0 Å². The Morgan fingerprint density at radius 1 is 0.680 bits per heavy atom. The lowest BCUT2D eigenvalue weighted by Gasteiger charge is -2.26. The van der Waals surface area contributed by atoms with Gasteiger partial charge in [-0.15, -0.1) is 11.3 Å². The summed E-state index contributed by atoms with van der Waals surface area (Å²) in [4.78, 5) is 1.55. The van der Waals surface area contributed by atoms with Gasteiger partial charge in [0.05, 0.1) is 5.52 Å². The van der Waals surface area contributed by atoms with Gasteiger partial charge in [0.1, 0.15) is 0 Å². The van der Waals surface area contributed by atoms with Gasteiger partial charge in [-0.2, -0.15) is 0 Å². The molecule has 0 bridgehead atoms. The zero-order valence-corrected chi connectivity index (χ0v) is 30.2. The normalized spacial score (nSPS) is 18.9. The fraction of sp³-hybridized carbons (Fsp3) is 0.250. The Labute approximate surface area is 299 Å². The quantitative estimate of drug-likeness (QED) is 0.174. The summed E-state index contributed by atoms with van der Waals surface area (Å²) in [5.74, 6) is 0. The molecule has 5 aliphatic carbocycles. The van der Waals surface area contributed by atoms with Gasteiger partial charge >= 0.3 is 0 Å². The molecule has 0 spiro atoms. The van der Waals surface area contributed by atoms with Crippen LogP contribution in [0.25, 0.3) is 61.1 Å². The number of aryl methyl sites for hydroxylation is 1. The number of benzene rings is 4. The van der Waals surface area contributed by atoms with Crippen molar-refractivity contribution < 1.29 is 0 Å². The van der Waals surface area contributed by atoms with Crippen LogP contribution in [-0.4, -0.2) is 4.57 Å². The average Bonchev–Trinajstić information content (AvgIpc) is 3.82. The first-order valence-electron chi connectivity index (χ1n) is 18.6. The molecule has 0 aliphatic heterocycles. The second kappa shape index (κ2) is 9.98. The second-order valence-electron chi connectivity index (χ2n) is 16.2. The Morgan fingerprint density at radius 2 is 1.48 bits per heavy atom. The number of fused-ring (bicyclic) bond motifs is 12. The Morgan fingerprint density at radius 3 is 2.40 bits per heavy atom. The highest BCUT2D eigenvalue weighted by Gasteiger charge is 2.40. The fourth-order valence-corrected chi connectivity index (χ4v) is 11.7. The Balaban J connectivity index is 1.04. The van der Waals surface area contributed by atoms with E-state index in [2.05, 4.69) is 135 Å². The lowest BCUT2D eigenvalue weighted by atomic mass is 9.78. The maximum atomic E-state index is 2.58. The molecule has 2 aromatic heterocycles. The Hall–Kier alpha value is -4.66. The van der Waals surface area contributed by atoms with E-state index < -0.39 is 0 Å². The highest BCUT2D eigenvalue weighted by Crippen LogP contribution is 2.55. The lowest BCUT2D eigenvalue weighted by molar-refractivity contribution is 0.607. The third kappa shape index (κ3) is 3.73. The van der Waals surface area contributed by atoms with E-state index in [1.807, 2.05) is 11.3 Å². The van der Waals surface area contributed by atoms with Crippen LogP contribution in [0.15, 0.2) is 96.6 Å². The summed E-state index contributed by atoms with van der Waals surface area (Å²) in [7, 11) is 0. The van der Waals surface area contributed by atoms with Crippen molar-refractivity contribution in [2.24, 2.45) is 0 Å². The largest absolute Gasteiger partial charge is 0.313 e. The van der Waals surface area contributed by atoms with Crippen molar-refractivity contribution >= 4 is 55.6 Å². The molecular formula is C48H41NS. The highest BCUT2D eigenvalue weighted by atomic mass is 32.1. The van der Waals surface area contributed by atoms with Gasteiger partial charge in [-0.3, -0.25) is 0 Å². The number of thiophene rings is 1. The van der Waals surface area contributed by atoms with Crippen LogP contribution in [0.1, 0.15) is 103 Å². The van der Waals surface area contributed by atoms with Crippen LogP contribution < -0.4 is 0 Å². The number of rotatable bonds is 2. The van der Waals surface area contributed by atoms with Gasteiger partial charge < -0.3 is 4.57 Å². The molecule has 0 saturated heterocycles. The number of allylic oxidation sites excluding steroid dienone is 6. The predicted octanol–water partition coefficient (Wildman–Crippen LogP) is 13.0. The molecular weight excluding hydrogens is 623 g/mol. The summed E-state index contributed by atoms with van der Waals surface area (Å²) < 4.78 is 4.02. The third-order valence-electron chi connectivity index (χ3n) is 12.9. The number of nitrogens with zero attached hydrogens (tertiary/aromatic N) is 1. The van der Waals surface area contributed by atoms with Crippen molar-refractivity contribution in [3.05, 3.63) is 146 Å². The van der Waals surface area contributed by atoms with Crippen molar-refractivity contribution in [3.8, 4) is 16.8 Å². The fourth-order valence-electron chi connectivity index (χ4n) is 10.4. The van der Waals surface area contributed by atoms with Crippen molar-refractivity contribution in [2.75, 3.05) is 0 Å². The smallest absolute Gasteiger partial charge is 0.0537 e. The number of para-hydroxylation sites is 1. The summed E-state index contributed by atoms with van der Waals surface area (Å²) in [6.07, 6.45) is 18.8. The first-order chi connectivity index (χ1) is 24.3. The summed E-state index contributed by atoms with van der Waals surface area (Å²) in [5.41, 5.74) is 21.6. The minimum Gasteiger partial charge on any atom is -0.313 e. The maximum absolute atomic E-state index is 2.58. The van der Waals surface area contributed by atoms with E-state index in [4.69, 9.17) is 0 Å². The van der Waals surface area contributed by atoms with E-state index >= 15 is 0 Å². The van der Waals surface area contributed by atoms with Crippen LogP contribution in [0.4, 0.5) is 0 Å². The van der Waals surface area contributed by atoms with Gasteiger partial charge in [0.25, 0.3) is 0 Å². The van der Waals surface area contributed by atoms with Crippen LogP contribution in [0.3, 0.4) is 0 Å². The molecule has 11 rings (SSSR count). The molecule has 2 heterocycles. The Bertz CT molecular complexity index is 2640. The number of hydrogen-bond donors (Lipinski definition) is 0. The molecule has 0 radical (unpaired) electrons. The molecule has 6 aromatic rings. The van der Waals surface area contributed by atoms with Crippen LogP contribution >= 0.6 is 11.3 Å². The summed E-state index contributed by atoms with van der Waals surface area (Å²) in [6.45, 7) is 9.77. The SMILES string of the molecule is CC1(C)C2=C(C=CCC2)c2ccc(C3=Cc4c(n(-c5ccc6c(c5)C(C)(C)c5c-6ccc6sc7c(c56)C=CCC7)c5ccccc45)CC3)cc21. The summed E-state index contributed by atoms with van der Waals surface area (Å²) in [6, 6.07) is 28.5. The van der Waals surface area contributed by atoms with Crippen molar-refractivity contribution in [2.45, 2.75) is 77.0 Å². The second-order valence-corrected chi connectivity index (χ2v) is 17.3. The highest BCUT2D eigenvalue weighted by molar-refractivity contribution is 7.19. The van der Waals surface area contributed by atoms with Gasteiger partial charge in [0, 0.05) is 48.1 Å². The van der Waals surface area contributed by atoms with E-state index in [1.165, 1.54) is 106 Å². The molecule has 244 valence electrons. The number of aromatic nitrogens is 1. The van der Waals surface area contributed by atoms with Crippen LogP contribution in [0.2, 0.25) is 0 Å². The topological polar surface area (TPSA) is 4.93 Å². The molecule has 0 fully saturated rings. The van der Waals surface area contributed by atoms with Crippen LogP contribution in [0, 0.1) is 0 Å². The predicted molar refractivity (Wildman–Crippen MR) is 215 cm³/mol. The van der Waals surface area contributed by atoms with Crippen LogP contribution in [0.5, 0.6) is 0 Å². The minimum atomic E-state index is -0.0817. The molecule has 0 unspecified atom stereocenters. The molecule has 5 aliphatic rings. The standard InChI is InChI=1S/C48H41NS/c1-47(2)38-14-8-5-11-31(38)32-20-17-29(26-39(32)47)28-18-23-42-37(25-28)34-12-6-9-15-41(34)49(42)30-19-21-33-35-22-24-44-45(36-13-7-10-16-43(36)50-44)46(35)48(3,4)40(33)27-30/h5-7,9,11-13,15,17,19-22,24-27H,8,10,14,16,18,23H2,1-4H3. The zero-order chi connectivity index (χ0) is 33.5. The van der Waals surface area contributed by atoms with Gasteiger partial charge in [-0.05, 0) is 131 Å². The van der Waals surface area contributed by atoms with Crippen molar-refractivity contribution in [1.82, 2.24) is 4.57 Å². The zero-order valence-electron chi connectivity index (χ0n) is 29.4. The lowest BCUT2D eigenvalue weighted by Crippen LogP contribution is -2.18. The van der Waals surface area contributed by atoms with E-state index in [-0.39, 0.29) is 10.8 Å². The first-order valence-corrected chi connectivity index (χ1v) is 19.4. The van der Waals surface area contributed by atoms with E-state index in [0.29, 0.717) is 0 Å². The molecule has 0 amide bonds. The molecule has 4 aromatic carbocycles. The van der Waals surface area contributed by atoms with Gasteiger partial charge in [0.2, 0.25) is 0 Å². The summed E-state index contributed by atoms with van der Waals surface area (Å²) in [5, 5.41) is 2.84. The maximum Gasteiger partial charge on any atom is 0.0537 e.